The minimum absolute atomic E-state index is 0.139. The normalized spacial score (nSPS) is 25.3. The van der Waals surface area contributed by atoms with Crippen molar-refractivity contribution in [2.45, 2.75) is 57.0 Å². The molecular formula is C23H31N9O. The first-order chi connectivity index (χ1) is 16.1. The van der Waals surface area contributed by atoms with Crippen LogP contribution in [0.25, 0.3) is 5.52 Å². The SMILES string of the molecule is CC1CC(C(=O)N2CCC[C@@H]2CN)N(c2nc(Nc3cc(C4CC4)[nH]n3)c3cccn3n2)C1. The number of aromatic nitrogens is 5. The summed E-state index contributed by atoms with van der Waals surface area (Å²) < 4.78 is 1.82. The molecule has 0 bridgehead atoms. The maximum atomic E-state index is 13.5. The molecule has 3 aliphatic rings. The molecule has 1 aliphatic carbocycles. The molecule has 6 rings (SSSR count). The monoisotopic (exact) mass is 449 g/mol. The Morgan fingerprint density at radius 3 is 3.03 bits per heavy atom. The van der Waals surface area contributed by atoms with Crippen LogP contribution in [0, 0.1) is 5.92 Å². The Bertz CT molecular complexity index is 1170. The zero-order valence-corrected chi connectivity index (χ0v) is 18.9. The summed E-state index contributed by atoms with van der Waals surface area (Å²) in [6.07, 6.45) is 7.14. The molecule has 2 aliphatic heterocycles. The molecule has 174 valence electrons. The number of carbonyl (C=O) groups excluding carboxylic acids is 1. The quantitative estimate of drug-likeness (QED) is 0.528. The van der Waals surface area contributed by atoms with Crippen LogP contribution in [0.4, 0.5) is 17.6 Å². The third kappa shape index (κ3) is 3.72. The predicted octanol–water partition coefficient (Wildman–Crippen LogP) is 2.24. The molecule has 0 spiro atoms. The fourth-order valence-electron chi connectivity index (χ4n) is 5.33. The molecule has 10 heteroatoms. The molecule has 3 aromatic rings. The van der Waals surface area contributed by atoms with Crippen molar-refractivity contribution in [3.8, 4) is 0 Å². The largest absolute Gasteiger partial charge is 0.337 e. The van der Waals surface area contributed by atoms with Gasteiger partial charge in [0, 0.05) is 49.6 Å². The van der Waals surface area contributed by atoms with Gasteiger partial charge in [-0.2, -0.15) is 10.1 Å². The van der Waals surface area contributed by atoms with Gasteiger partial charge in [-0.25, -0.2) is 4.52 Å². The topological polar surface area (TPSA) is 120 Å². The van der Waals surface area contributed by atoms with E-state index in [1.54, 1.807) is 0 Å². The van der Waals surface area contributed by atoms with Crippen LogP contribution in [0.3, 0.4) is 0 Å². The smallest absolute Gasteiger partial charge is 0.246 e. The molecule has 3 atom stereocenters. The molecule has 33 heavy (non-hydrogen) atoms. The fourth-order valence-corrected chi connectivity index (χ4v) is 5.33. The molecule has 1 amide bonds. The van der Waals surface area contributed by atoms with E-state index in [0.29, 0.717) is 30.1 Å². The summed E-state index contributed by atoms with van der Waals surface area (Å²) >= 11 is 0. The van der Waals surface area contributed by atoms with Crippen LogP contribution < -0.4 is 16.0 Å². The Kier molecular flexibility index (Phi) is 4.97. The van der Waals surface area contributed by atoms with E-state index in [4.69, 9.17) is 15.8 Å². The van der Waals surface area contributed by atoms with Gasteiger partial charge in [0.25, 0.3) is 0 Å². The number of aromatic amines is 1. The van der Waals surface area contributed by atoms with Crippen molar-refractivity contribution in [1.82, 2.24) is 29.7 Å². The minimum atomic E-state index is -0.264. The number of hydrogen-bond acceptors (Lipinski definition) is 7. The van der Waals surface area contributed by atoms with E-state index in [1.165, 1.54) is 12.8 Å². The first-order valence-electron chi connectivity index (χ1n) is 12.1. The second kappa shape index (κ2) is 8.02. The molecule has 3 fully saturated rings. The van der Waals surface area contributed by atoms with E-state index in [-0.39, 0.29) is 18.0 Å². The summed E-state index contributed by atoms with van der Waals surface area (Å²) in [5.41, 5.74) is 7.98. The average molecular weight is 450 g/mol. The lowest BCUT2D eigenvalue weighted by molar-refractivity contribution is -0.133. The van der Waals surface area contributed by atoms with Gasteiger partial charge < -0.3 is 20.9 Å². The summed E-state index contributed by atoms with van der Waals surface area (Å²) in [6, 6.07) is 5.86. The number of likely N-dealkylation sites (tertiary alicyclic amines) is 1. The van der Waals surface area contributed by atoms with Gasteiger partial charge in [-0.3, -0.25) is 9.89 Å². The van der Waals surface area contributed by atoms with Crippen LogP contribution in [0.2, 0.25) is 0 Å². The number of anilines is 3. The molecule has 3 aromatic heterocycles. The zero-order valence-electron chi connectivity index (χ0n) is 18.9. The van der Waals surface area contributed by atoms with Gasteiger partial charge in [0.15, 0.2) is 11.6 Å². The summed E-state index contributed by atoms with van der Waals surface area (Å²) in [7, 11) is 0. The fraction of sp³-hybridized carbons (Fsp3) is 0.565. The number of amides is 1. The van der Waals surface area contributed by atoms with Crippen LogP contribution >= 0.6 is 0 Å². The third-order valence-electron chi connectivity index (χ3n) is 7.23. The molecule has 10 nitrogen and oxygen atoms in total. The third-order valence-corrected chi connectivity index (χ3v) is 7.23. The van der Waals surface area contributed by atoms with Crippen LogP contribution in [-0.2, 0) is 4.79 Å². The van der Waals surface area contributed by atoms with E-state index in [0.717, 1.165) is 49.4 Å². The highest BCUT2D eigenvalue weighted by molar-refractivity contribution is 5.86. The maximum Gasteiger partial charge on any atom is 0.246 e. The number of nitrogens with zero attached hydrogens (tertiary/aromatic N) is 6. The van der Waals surface area contributed by atoms with E-state index >= 15 is 0 Å². The second-order valence-corrected chi connectivity index (χ2v) is 9.78. The Morgan fingerprint density at radius 2 is 2.21 bits per heavy atom. The van der Waals surface area contributed by atoms with Crippen molar-refractivity contribution in [2.75, 3.05) is 29.9 Å². The lowest BCUT2D eigenvalue weighted by Crippen LogP contribution is -2.49. The second-order valence-electron chi connectivity index (χ2n) is 9.78. The predicted molar refractivity (Wildman–Crippen MR) is 126 cm³/mol. The van der Waals surface area contributed by atoms with Crippen LogP contribution in [0.15, 0.2) is 24.4 Å². The van der Waals surface area contributed by atoms with Crippen molar-refractivity contribution in [2.24, 2.45) is 11.7 Å². The minimum Gasteiger partial charge on any atom is -0.337 e. The van der Waals surface area contributed by atoms with Gasteiger partial charge in [-0.1, -0.05) is 6.92 Å². The Balaban J connectivity index is 1.32. The molecule has 2 unspecified atom stereocenters. The highest BCUT2D eigenvalue weighted by Gasteiger charge is 2.41. The molecule has 2 saturated heterocycles. The number of H-pyrrole nitrogens is 1. The molecule has 4 N–H and O–H groups in total. The maximum absolute atomic E-state index is 13.5. The van der Waals surface area contributed by atoms with Gasteiger partial charge in [-0.05, 0) is 50.2 Å². The summed E-state index contributed by atoms with van der Waals surface area (Å²) in [4.78, 5) is 22.5. The molecule has 1 saturated carbocycles. The van der Waals surface area contributed by atoms with Crippen molar-refractivity contribution in [1.29, 1.82) is 0 Å². The Labute approximate surface area is 192 Å². The first kappa shape index (κ1) is 20.5. The average Bonchev–Trinajstić information content (AvgIpc) is 3.24. The Hall–Kier alpha value is -3.14. The lowest BCUT2D eigenvalue weighted by atomic mass is 10.1. The van der Waals surface area contributed by atoms with Crippen molar-refractivity contribution >= 4 is 29.0 Å². The van der Waals surface area contributed by atoms with E-state index in [2.05, 4.69) is 33.4 Å². The lowest BCUT2D eigenvalue weighted by Gasteiger charge is -2.31. The van der Waals surface area contributed by atoms with Gasteiger partial charge in [0.05, 0.1) is 0 Å². The van der Waals surface area contributed by atoms with E-state index in [9.17, 15) is 4.79 Å². The number of carbonyl (C=O) groups is 1. The van der Waals surface area contributed by atoms with E-state index in [1.807, 2.05) is 27.7 Å². The number of nitrogens with two attached hydrogens (primary N) is 1. The summed E-state index contributed by atoms with van der Waals surface area (Å²) in [6.45, 7) is 4.23. The number of fused-ring (bicyclic) bond motifs is 1. The van der Waals surface area contributed by atoms with Crippen LogP contribution in [0.5, 0.6) is 0 Å². The first-order valence-corrected chi connectivity index (χ1v) is 12.1. The van der Waals surface area contributed by atoms with Crippen molar-refractivity contribution < 1.29 is 4.79 Å². The number of nitrogens with one attached hydrogen (secondary N) is 2. The van der Waals surface area contributed by atoms with Gasteiger partial charge in [0.1, 0.15) is 11.6 Å². The van der Waals surface area contributed by atoms with Gasteiger partial charge in [0.2, 0.25) is 11.9 Å². The Morgan fingerprint density at radius 1 is 1.33 bits per heavy atom. The zero-order chi connectivity index (χ0) is 22.5. The molecule has 0 aromatic carbocycles. The number of rotatable bonds is 6. The highest BCUT2D eigenvalue weighted by atomic mass is 16.2. The molecular weight excluding hydrogens is 418 g/mol. The van der Waals surface area contributed by atoms with Gasteiger partial charge in [-0.15, -0.1) is 5.10 Å². The highest BCUT2D eigenvalue weighted by Crippen LogP contribution is 2.40. The molecule has 5 heterocycles. The number of hydrogen-bond donors (Lipinski definition) is 3. The summed E-state index contributed by atoms with van der Waals surface area (Å²) in [5.74, 6) is 3.12. The van der Waals surface area contributed by atoms with Crippen LogP contribution in [-0.4, -0.2) is 67.3 Å². The standard InChI is InChI=1S/C23H31N9O/c1-14-10-19(22(33)30-8-2-4-16(30)12-24)31(13-14)23-26-21(18-5-3-9-32(18)29-23)25-20-11-17(27-28-20)15-6-7-15/h3,5,9,11,14-16,19H,2,4,6-8,10,12-13,24H2,1H3,(H2,25,26,27,28,29)/t14?,16-,19?/m1/s1. The van der Waals surface area contributed by atoms with Gasteiger partial charge >= 0.3 is 0 Å². The van der Waals surface area contributed by atoms with Crippen molar-refractivity contribution in [3.63, 3.8) is 0 Å². The van der Waals surface area contributed by atoms with Crippen LogP contribution in [0.1, 0.15) is 50.6 Å². The van der Waals surface area contributed by atoms with Crippen molar-refractivity contribution in [3.05, 3.63) is 30.1 Å². The molecule has 0 radical (unpaired) electrons. The van der Waals surface area contributed by atoms with E-state index < -0.39 is 0 Å². The summed E-state index contributed by atoms with van der Waals surface area (Å²) in [5, 5.41) is 15.7.